The molecule has 0 fully saturated rings. The molecule has 0 bridgehead atoms. The van der Waals surface area contributed by atoms with Gasteiger partial charge in [-0.25, -0.2) is 0 Å². The van der Waals surface area contributed by atoms with E-state index >= 15 is 0 Å². The van der Waals surface area contributed by atoms with Crippen LogP contribution in [-0.2, 0) is 6.61 Å². The Morgan fingerprint density at radius 2 is 2.12 bits per heavy atom. The molecule has 1 aromatic carbocycles. The van der Waals surface area contributed by atoms with Crippen LogP contribution in [-0.4, -0.2) is 16.7 Å². The van der Waals surface area contributed by atoms with E-state index in [1.165, 1.54) is 0 Å². The normalized spacial score (nSPS) is 10.7. The molecule has 17 heavy (non-hydrogen) atoms. The zero-order chi connectivity index (χ0) is 12.1. The van der Waals surface area contributed by atoms with Gasteiger partial charge in [0.2, 0.25) is 0 Å². The maximum atomic E-state index is 9.18. The Kier molecular flexibility index (Phi) is 3.94. The Morgan fingerprint density at radius 1 is 1.29 bits per heavy atom. The summed E-state index contributed by atoms with van der Waals surface area (Å²) in [7, 11) is 0. The van der Waals surface area contributed by atoms with Crippen molar-refractivity contribution in [3.8, 4) is 5.75 Å². The van der Waals surface area contributed by atoms with Gasteiger partial charge in [-0.2, -0.15) is 0 Å². The monoisotopic (exact) mass is 231 g/mol. The van der Waals surface area contributed by atoms with Crippen LogP contribution in [0.15, 0.2) is 30.3 Å². The number of aliphatic hydroxyl groups is 1. The molecule has 2 rings (SSSR count). The molecule has 0 radical (unpaired) electrons. The number of hydrogen-bond donors (Lipinski definition) is 1. The van der Waals surface area contributed by atoms with Gasteiger partial charge in [0.25, 0.3) is 0 Å². The number of benzene rings is 1. The van der Waals surface area contributed by atoms with Gasteiger partial charge in [0, 0.05) is 11.5 Å². The molecule has 3 heteroatoms. The maximum Gasteiger partial charge on any atom is 0.130 e. The van der Waals surface area contributed by atoms with Crippen molar-refractivity contribution in [3.05, 3.63) is 36.0 Å². The molecule has 0 saturated heterocycles. The van der Waals surface area contributed by atoms with Crippen molar-refractivity contribution in [1.29, 1.82) is 0 Å². The number of ether oxygens (including phenoxy) is 1. The van der Waals surface area contributed by atoms with Crippen LogP contribution in [0.2, 0.25) is 0 Å². The second-order valence-electron chi connectivity index (χ2n) is 3.99. The van der Waals surface area contributed by atoms with Crippen LogP contribution in [0.1, 0.15) is 25.5 Å². The second kappa shape index (κ2) is 5.64. The first-order valence-electron chi connectivity index (χ1n) is 5.97. The van der Waals surface area contributed by atoms with Crippen molar-refractivity contribution >= 4 is 10.9 Å². The van der Waals surface area contributed by atoms with Crippen LogP contribution in [0.5, 0.6) is 5.75 Å². The predicted molar refractivity (Wildman–Crippen MR) is 68.1 cm³/mol. The molecule has 0 aliphatic heterocycles. The molecule has 1 N–H and O–H groups in total. The van der Waals surface area contributed by atoms with Crippen LogP contribution in [0.25, 0.3) is 10.9 Å². The Hall–Kier alpha value is -1.61. The van der Waals surface area contributed by atoms with Gasteiger partial charge in [0.05, 0.1) is 24.4 Å². The summed E-state index contributed by atoms with van der Waals surface area (Å²) in [6.45, 7) is 2.78. The fraction of sp³-hybridized carbons (Fsp3) is 0.357. The molecule has 90 valence electrons. The lowest BCUT2D eigenvalue weighted by Gasteiger charge is -2.10. The molecular weight excluding hydrogens is 214 g/mol. The summed E-state index contributed by atoms with van der Waals surface area (Å²) in [6, 6.07) is 9.64. The first-order valence-corrected chi connectivity index (χ1v) is 5.97. The average Bonchev–Trinajstić information content (AvgIpc) is 2.38. The van der Waals surface area contributed by atoms with Crippen LogP contribution in [0.3, 0.4) is 0 Å². The minimum Gasteiger partial charge on any atom is -0.493 e. The summed E-state index contributed by atoms with van der Waals surface area (Å²) in [6.07, 6.45) is 2.14. The largest absolute Gasteiger partial charge is 0.493 e. The first-order chi connectivity index (χ1) is 8.35. The SMILES string of the molecule is CCCCOc1cc(CO)nc2ccccc12. The molecule has 1 heterocycles. The molecule has 2 aromatic rings. The summed E-state index contributed by atoms with van der Waals surface area (Å²) in [5, 5.41) is 10.2. The van der Waals surface area contributed by atoms with E-state index in [-0.39, 0.29) is 6.61 Å². The molecule has 3 nitrogen and oxygen atoms in total. The minimum absolute atomic E-state index is 0.0605. The van der Waals surface area contributed by atoms with E-state index in [0.717, 1.165) is 29.5 Å². The highest BCUT2D eigenvalue weighted by atomic mass is 16.5. The van der Waals surface area contributed by atoms with E-state index in [2.05, 4.69) is 11.9 Å². The highest BCUT2D eigenvalue weighted by molar-refractivity contribution is 5.85. The van der Waals surface area contributed by atoms with Gasteiger partial charge in [-0.05, 0) is 18.6 Å². The van der Waals surface area contributed by atoms with Crippen molar-refractivity contribution in [2.45, 2.75) is 26.4 Å². The summed E-state index contributed by atoms with van der Waals surface area (Å²) in [4.78, 5) is 4.35. The van der Waals surface area contributed by atoms with Gasteiger partial charge in [-0.3, -0.25) is 4.98 Å². The van der Waals surface area contributed by atoms with Crippen molar-refractivity contribution in [2.24, 2.45) is 0 Å². The topological polar surface area (TPSA) is 42.4 Å². The number of aliphatic hydroxyl groups excluding tert-OH is 1. The molecule has 0 spiro atoms. The number of hydrogen-bond acceptors (Lipinski definition) is 3. The Morgan fingerprint density at radius 3 is 2.88 bits per heavy atom. The Labute approximate surface area is 101 Å². The van der Waals surface area contributed by atoms with Crippen molar-refractivity contribution < 1.29 is 9.84 Å². The number of unbranched alkanes of at least 4 members (excludes halogenated alkanes) is 1. The number of fused-ring (bicyclic) bond motifs is 1. The molecule has 0 saturated carbocycles. The quantitative estimate of drug-likeness (QED) is 0.804. The molecule has 1 aromatic heterocycles. The van der Waals surface area contributed by atoms with Gasteiger partial charge in [0.1, 0.15) is 5.75 Å². The number of para-hydroxylation sites is 1. The fourth-order valence-corrected chi connectivity index (χ4v) is 1.72. The second-order valence-corrected chi connectivity index (χ2v) is 3.99. The Balaban J connectivity index is 2.36. The summed E-state index contributed by atoms with van der Waals surface area (Å²) < 4.78 is 5.75. The standard InChI is InChI=1S/C14H17NO2/c1-2-3-8-17-14-9-11(10-16)15-13-7-5-4-6-12(13)14/h4-7,9,16H,2-3,8,10H2,1H3. The third-order valence-corrected chi connectivity index (χ3v) is 2.65. The molecule has 0 amide bonds. The van der Waals surface area contributed by atoms with E-state index in [4.69, 9.17) is 4.74 Å². The Bertz CT molecular complexity index is 497. The fourth-order valence-electron chi connectivity index (χ4n) is 1.72. The van der Waals surface area contributed by atoms with Gasteiger partial charge in [-0.15, -0.1) is 0 Å². The van der Waals surface area contributed by atoms with Crippen molar-refractivity contribution in [1.82, 2.24) is 4.98 Å². The maximum absolute atomic E-state index is 9.18. The van der Waals surface area contributed by atoms with Crippen molar-refractivity contribution in [2.75, 3.05) is 6.61 Å². The molecule has 0 atom stereocenters. The summed E-state index contributed by atoms with van der Waals surface area (Å²) in [5.41, 5.74) is 1.51. The van der Waals surface area contributed by atoms with Gasteiger partial charge >= 0.3 is 0 Å². The van der Waals surface area contributed by atoms with Gasteiger partial charge < -0.3 is 9.84 Å². The highest BCUT2D eigenvalue weighted by Crippen LogP contribution is 2.25. The average molecular weight is 231 g/mol. The zero-order valence-corrected chi connectivity index (χ0v) is 10.0. The number of rotatable bonds is 5. The molecular formula is C14H17NO2. The van der Waals surface area contributed by atoms with Crippen LogP contribution >= 0.6 is 0 Å². The van der Waals surface area contributed by atoms with Gasteiger partial charge in [-0.1, -0.05) is 25.5 Å². The van der Waals surface area contributed by atoms with E-state index in [1.54, 1.807) is 0 Å². The lowest BCUT2D eigenvalue weighted by Crippen LogP contribution is -1.99. The zero-order valence-electron chi connectivity index (χ0n) is 10.0. The number of nitrogens with zero attached hydrogens (tertiary/aromatic N) is 1. The summed E-state index contributed by atoms with van der Waals surface area (Å²) >= 11 is 0. The molecule has 0 unspecified atom stereocenters. The van der Waals surface area contributed by atoms with E-state index in [1.807, 2.05) is 30.3 Å². The van der Waals surface area contributed by atoms with E-state index in [0.29, 0.717) is 12.3 Å². The van der Waals surface area contributed by atoms with E-state index in [9.17, 15) is 5.11 Å². The van der Waals surface area contributed by atoms with Crippen LogP contribution < -0.4 is 4.74 Å². The number of pyridine rings is 1. The predicted octanol–water partition coefficient (Wildman–Crippen LogP) is 2.91. The third kappa shape index (κ3) is 2.74. The smallest absolute Gasteiger partial charge is 0.130 e. The molecule has 0 aliphatic carbocycles. The lowest BCUT2D eigenvalue weighted by atomic mass is 10.2. The van der Waals surface area contributed by atoms with Crippen LogP contribution in [0.4, 0.5) is 0 Å². The van der Waals surface area contributed by atoms with E-state index < -0.39 is 0 Å². The summed E-state index contributed by atoms with van der Waals surface area (Å²) in [5.74, 6) is 0.813. The third-order valence-electron chi connectivity index (χ3n) is 2.65. The highest BCUT2D eigenvalue weighted by Gasteiger charge is 2.05. The molecule has 0 aliphatic rings. The number of aromatic nitrogens is 1. The first kappa shape index (κ1) is 11.9. The van der Waals surface area contributed by atoms with Gasteiger partial charge in [0.15, 0.2) is 0 Å². The van der Waals surface area contributed by atoms with Crippen LogP contribution in [0, 0.1) is 0 Å². The lowest BCUT2D eigenvalue weighted by molar-refractivity contribution is 0.274. The van der Waals surface area contributed by atoms with Crippen molar-refractivity contribution in [3.63, 3.8) is 0 Å². The minimum atomic E-state index is -0.0605.